The van der Waals surface area contributed by atoms with Crippen LogP contribution in [0.3, 0.4) is 0 Å². The van der Waals surface area contributed by atoms with Crippen molar-refractivity contribution in [3.05, 3.63) is 63.7 Å². The van der Waals surface area contributed by atoms with Gasteiger partial charge in [-0.05, 0) is 23.6 Å². The second-order valence-corrected chi connectivity index (χ2v) is 4.53. The fourth-order valence-electron chi connectivity index (χ4n) is 2.01. The van der Waals surface area contributed by atoms with Crippen LogP contribution in [0.2, 0.25) is 0 Å². The first-order valence-corrected chi connectivity index (χ1v) is 6.67. The Bertz CT molecular complexity index is 626. The summed E-state index contributed by atoms with van der Waals surface area (Å²) in [7, 11) is 1.48. The van der Waals surface area contributed by atoms with E-state index in [0.29, 0.717) is 12.2 Å². The molecule has 0 atom stereocenters. The number of aryl methyl sites for hydroxylation is 1. The Hall–Kier alpha value is -2.56. The zero-order valence-corrected chi connectivity index (χ0v) is 12.0. The van der Waals surface area contributed by atoms with Crippen molar-refractivity contribution in [2.75, 3.05) is 7.11 Å². The summed E-state index contributed by atoms with van der Waals surface area (Å²) in [6.45, 7) is 2.19. The van der Waals surface area contributed by atoms with Crippen LogP contribution >= 0.6 is 0 Å². The molecule has 0 saturated heterocycles. The SMILES string of the molecule is CCc1cc(OC)c(OCc2ccccc2)c([N+](=O)[O-])c1. The highest BCUT2D eigenvalue weighted by Gasteiger charge is 2.22. The van der Waals surface area contributed by atoms with Gasteiger partial charge in [0.2, 0.25) is 5.75 Å². The first-order chi connectivity index (χ1) is 10.2. The molecule has 110 valence electrons. The van der Waals surface area contributed by atoms with Gasteiger partial charge in [0.15, 0.2) is 5.75 Å². The lowest BCUT2D eigenvalue weighted by Crippen LogP contribution is -2.02. The smallest absolute Gasteiger partial charge is 0.315 e. The van der Waals surface area contributed by atoms with Crippen LogP contribution in [0.1, 0.15) is 18.1 Å². The molecule has 2 aromatic carbocycles. The molecular weight excluding hydrogens is 270 g/mol. The second-order valence-electron chi connectivity index (χ2n) is 4.53. The van der Waals surface area contributed by atoms with Crippen molar-refractivity contribution in [1.29, 1.82) is 0 Å². The van der Waals surface area contributed by atoms with Gasteiger partial charge in [0.25, 0.3) is 0 Å². The third kappa shape index (κ3) is 3.51. The third-order valence-electron chi connectivity index (χ3n) is 3.15. The van der Waals surface area contributed by atoms with Crippen LogP contribution in [0.15, 0.2) is 42.5 Å². The number of rotatable bonds is 6. The number of hydrogen-bond acceptors (Lipinski definition) is 4. The average Bonchev–Trinajstić information content (AvgIpc) is 2.52. The number of ether oxygens (including phenoxy) is 2. The molecule has 0 aliphatic heterocycles. The van der Waals surface area contributed by atoms with Crippen molar-refractivity contribution in [1.82, 2.24) is 0 Å². The predicted octanol–water partition coefficient (Wildman–Crippen LogP) is 3.74. The van der Waals surface area contributed by atoms with Crippen LogP contribution in [0.5, 0.6) is 11.5 Å². The zero-order valence-electron chi connectivity index (χ0n) is 12.0. The molecule has 0 aliphatic rings. The molecule has 0 radical (unpaired) electrons. The molecule has 21 heavy (non-hydrogen) atoms. The highest BCUT2D eigenvalue weighted by Crippen LogP contribution is 2.38. The lowest BCUT2D eigenvalue weighted by atomic mass is 10.1. The minimum atomic E-state index is -0.442. The fraction of sp³-hybridized carbons (Fsp3) is 0.250. The van der Waals surface area contributed by atoms with Gasteiger partial charge in [-0.1, -0.05) is 37.3 Å². The molecule has 0 N–H and O–H groups in total. The first kappa shape index (κ1) is 14.8. The zero-order chi connectivity index (χ0) is 15.2. The summed E-state index contributed by atoms with van der Waals surface area (Å²) in [6, 6.07) is 12.8. The van der Waals surface area contributed by atoms with Crippen LogP contribution in [0.25, 0.3) is 0 Å². The van der Waals surface area contributed by atoms with E-state index < -0.39 is 4.92 Å². The van der Waals surface area contributed by atoms with E-state index in [-0.39, 0.29) is 18.0 Å². The van der Waals surface area contributed by atoms with Gasteiger partial charge >= 0.3 is 5.69 Å². The molecule has 5 heteroatoms. The average molecular weight is 287 g/mol. The molecule has 5 nitrogen and oxygen atoms in total. The molecule has 0 unspecified atom stereocenters. The predicted molar refractivity (Wildman–Crippen MR) is 79.8 cm³/mol. The molecule has 0 aliphatic carbocycles. The molecule has 0 amide bonds. The van der Waals surface area contributed by atoms with Gasteiger partial charge in [-0.25, -0.2) is 0 Å². The Morgan fingerprint density at radius 2 is 1.86 bits per heavy atom. The number of benzene rings is 2. The van der Waals surface area contributed by atoms with Gasteiger partial charge in [-0.2, -0.15) is 0 Å². The van der Waals surface area contributed by atoms with Crippen LogP contribution in [-0.2, 0) is 13.0 Å². The minimum Gasteiger partial charge on any atom is -0.493 e. The topological polar surface area (TPSA) is 61.6 Å². The van der Waals surface area contributed by atoms with Crippen LogP contribution in [-0.4, -0.2) is 12.0 Å². The maximum atomic E-state index is 11.2. The summed E-state index contributed by atoms with van der Waals surface area (Å²) in [5.41, 5.74) is 1.71. The van der Waals surface area contributed by atoms with Crippen LogP contribution in [0.4, 0.5) is 5.69 Å². The Kier molecular flexibility index (Phi) is 4.77. The maximum absolute atomic E-state index is 11.2. The Morgan fingerprint density at radius 1 is 1.14 bits per heavy atom. The summed E-state index contributed by atoms with van der Waals surface area (Å²) < 4.78 is 10.9. The van der Waals surface area contributed by atoms with Crippen LogP contribution in [0, 0.1) is 10.1 Å². The molecule has 0 fully saturated rings. The largest absolute Gasteiger partial charge is 0.493 e. The molecule has 2 rings (SSSR count). The monoisotopic (exact) mass is 287 g/mol. The van der Waals surface area contributed by atoms with Gasteiger partial charge in [0.05, 0.1) is 12.0 Å². The van der Waals surface area contributed by atoms with Gasteiger partial charge in [0, 0.05) is 6.07 Å². The van der Waals surface area contributed by atoms with E-state index in [4.69, 9.17) is 9.47 Å². The molecule has 2 aromatic rings. The van der Waals surface area contributed by atoms with Crippen LogP contribution < -0.4 is 9.47 Å². The van der Waals surface area contributed by atoms with Gasteiger partial charge in [0.1, 0.15) is 6.61 Å². The highest BCUT2D eigenvalue weighted by molar-refractivity contribution is 5.58. The van der Waals surface area contributed by atoms with E-state index in [1.165, 1.54) is 13.2 Å². The first-order valence-electron chi connectivity index (χ1n) is 6.67. The van der Waals surface area contributed by atoms with E-state index in [1.807, 2.05) is 37.3 Å². The molecule has 0 bridgehead atoms. The van der Waals surface area contributed by atoms with Gasteiger partial charge < -0.3 is 9.47 Å². The lowest BCUT2D eigenvalue weighted by molar-refractivity contribution is -0.386. The van der Waals surface area contributed by atoms with Crippen molar-refractivity contribution in [2.45, 2.75) is 20.0 Å². The maximum Gasteiger partial charge on any atom is 0.315 e. The van der Waals surface area contributed by atoms with E-state index in [9.17, 15) is 10.1 Å². The molecule has 0 heterocycles. The summed E-state index contributed by atoms with van der Waals surface area (Å²) >= 11 is 0. The van der Waals surface area contributed by atoms with E-state index >= 15 is 0 Å². The summed E-state index contributed by atoms with van der Waals surface area (Å²) in [6.07, 6.45) is 0.691. The summed E-state index contributed by atoms with van der Waals surface area (Å²) in [5, 5.41) is 11.2. The fourth-order valence-corrected chi connectivity index (χ4v) is 2.01. The standard InChI is InChI=1S/C16H17NO4/c1-3-12-9-14(17(18)19)16(15(10-12)20-2)21-11-13-7-5-4-6-8-13/h4-10H,3,11H2,1-2H3. The molecule has 0 aromatic heterocycles. The summed E-state index contributed by atoms with van der Waals surface area (Å²) in [5.74, 6) is 0.556. The molecular formula is C16H17NO4. The number of nitrogens with zero attached hydrogens (tertiary/aromatic N) is 1. The number of methoxy groups -OCH3 is 1. The number of hydrogen-bond donors (Lipinski definition) is 0. The Balaban J connectivity index is 2.34. The Labute approximate surface area is 123 Å². The Morgan fingerprint density at radius 3 is 2.43 bits per heavy atom. The van der Waals surface area contributed by atoms with Crippen molar-refractivity contribution in [3.8, 4) is 11.5 Å². The van der Waals surface area contributed by atoms with Gasteiger partial charge in [-0.15, -0.1) is 0 Å². The number of nitro groups is 1. The molecule has 0 spiro atoms. The van der Waals surface area contributed by atoms with Crippen molar-refractivity contribution in [3.63, 3.8) is 0 Å². The minimum absolute atomic E-state index is 0.0675. The highest BCUT2D eigenvalue weighted by atomic mass is 16.6. The van der Waals surface area contributed by atoms with Crippen molar-refractivity contribution >= 4 is 5.69 Å². The number of nitro benzene ring substituents is 1. The molecule has 0 saturated carbocycles. The quantitative estimate of drug-likeness (QED) is 0.599. The van der Waals surface area contributed by atoms with Crippen molar-refractivity contribution in [2.24, 2.45) is 0 Å². The second kappa shape index (κ2) is 6.74. The van der Waals surface area contributed by atoms with E-state index in [0.717, 1.165) is 11.1 Å². The normalized spacial score (nSPS) is 10.2. The van der Waals surface area contributed by atoms with E-state index in [2.05, 4.69) is 0 Å². The lowest BCUT2D eigenvalue weighted by Gasteiger charge is -2.12. The van der Waals surface area contributed by atoms with Gasteiger partial charge in [-0.3, -0.25) is 10.1 Å². The van der Waals surface area contributed by atoms with E-state index in [1.54, 1.807) is 6.07 Å². The van der Waals surface area contributed by atoms with Crippen molar-refractivity contribution < 1.29 is 14.4 Å². The third-order valence-corrected chi connectivity index (χ3v) is 3.15. The summed E-state index contributed by atoms with van der Waals surface area (Å²) in [4.78, 5) is 10.8.